The van der Waals surface area contributed by atoms with Crippen molar-refractivity contribution in [1.29, 1.82) is 0 Å². The van der Waals surface area contributed by atoms with Crippen molar-refractivity contribution in [1.82, 2.24) is 9.55 Å². The molecule has 96 valence electrons. The smallest absolute Gasteiger partial charge is 0.207 e. The van der Waals surface area contributed by atoms with Crippen LogP contribution < -0.4 is 5.32 Å². The highest BCUT2D eigenvalue weighted by atomic mass is 15.2. The van der Waals surface area contributed by atoms with Gasteiger partial charge in [0.05, 0.1) is 0 Å². The van der Waals surface area contributed by atoms with Crippen LogP contribution in [0.1, 0.15) is 31.9 Å². The number of nitrogens with one attached hydrogen (secondary N) is 1. The number of aryl methyl sites for hydroxylation is 3. The Morgan fingerprint density at radius 2 is 1.78 bits per heavy atom. The lowest BCUT2D eigenvalue weighted by Crippen LogP contribution is -2.05. The van der Waals surface area contributed by atoms with E-state index < -0.39 is 0 Å². The predicted molar refractivity (Wildman–Crippen MR) is 76.4 cm³/mol. The van der Waals surface area contributed by atoms with Gasteiger partial charge in [-0.25, -0.2) is 4.98 Å². The molecule has 3 heteroatoms. The summed E-state index contributed by atoms with van der Waals surface area (Å²) in [6.45, 7) is 7.43. The minimum Gasteiger partial charge on any atom is -0.325 e. The summed E-state index contributed by atoms with van der Waals surface area (Å²) in [7, 11) is 0. The van der Waals surface area contributed by atoms with Crippen LogP contribution in [-0.4, -0.2) is 9.55 Å². The van der Waals surface area contributed by atoms with Crippen molar-refractivity contribution in [3.63, 3.8) is 0 Å². The van der Waals surface area contributed by atoms with Gasteiger partial charge in [-0.1, -0.05) is 32.0 Å². The third-order valence-corrected chi connectivity index (χ3v) is 3.29. The molecule has 0 fully saturated rings. The summed E-state index contributed by atoms with van der Waals surface area (Å²) in [6, 6.07) is 6.50. The average Bonchev–Trinajstić information content (AvgIpc) is 2.86. The normalized spacial score (nSPS) is 10.6. The van der Waals surface area contributed by atoms with E-state index in [2.05, 4.69) is 53.8 Å². The van der Waals surface area contributed by atoms with Gasteiger partial charge in [0.2, 0.25) is 5.95 Å². The van der Waals surface area contributed by atoms with Gasteiger partial charge in [-0.05, 0) is 30.9 Å². The summed E-state index contributed by atoms with van der Waals surface area (Å²) in [5, 5.41) is 3.49. The van der Waals surface area contributed by atoms with Crippen LogP contribution in [0.3, 0.4) is 0 Å². The van der Waals surface area contributed by atoms with E-state index in [0.717, 1.165) is 25.3 Å². The van der Waals surface area contributed by atoms with Gasteiger partial charge in [0.1, 0.15) is 0 Å². The number of aromatic nitrogens is 2. The highest BCUT2D eigenvalue weighted by Gasteiger charge is 2.08. The van der Waals surface area contributed by atoms with Gasteiger partial charge in [0.15, 0.2) is 0 Å². The third kappa shape index (κ3) is 2.40. The molecule has 1 heterocycles. The van der Waals surface area contributed by atoms with E-state index >= 15 is 0 Å². The summed E-state index contributed by atoms with van der Waals surface area (Å²) < 4.78 is 2.12. The zero-order valence-electron chi connectivity index (χ0n) is 11.4. The van der Waals surface area contributed by atoms with Crippen molar-refractivity contribution < 1.29 is 0 Å². The molecule has 0 aliphatic heterocycles. The first-order valence-corrected chi connectivity index (χ1v) is 6.69. The van der Waals surface area contributed by atoms with Gasteiger partial charge in [0.25, 0.3) is 0 Å². The lowest BCUT2D eigenvalue weighted by molar-refractivity contribution is 0.771. The lowest BCUT2D eigenvalue weighted by Gasteiger charge is -2.15. The Labute approximate surface area is 109 Å². The highest BCUT2D eigenvalue weighted by Crippen LogP contribution is 2.25. The molecule has 0 amide bonds. The molecule has 0 saturated heterocycles. The molecule has 0 bridgehead atoms. The monoisotopic (exact) mass is 243 g/mol. The Morgan fingerprint density at radius 1 is 1.11 bits per heavy atom. The Hall–Kier alpha value is -1.77. The maximum Gasteiger partial charge on any atom is 0.207 e. The molecule has 0 aliphatic rings. The van der Waals surface area contributed by atoms with Gasteiger partial charge in [0, 0.05) is 24.6 Å². The number of rotatable bonds is 5. The van der Waals surface area contributed by atoms with Gasteiger partial charge in [-0.3, -0.25) is 0 Å². The molecule has 0 radical (unpaired) electrons. The Bertz CT molecular complexity index is 492. The van der Waals surface area contributed by atoms with E-state index in [1.807, 2.05) is 12.4 Å². The fraction of sp³-hybridized carbons (Fsp3) is 0.400. The molecule has 2 aromatic rings. The van der Waals surface area contributed by atoms with Crippen LogP contribution >= 0.6 is 0 Å². The second kappa shape index (κ2) is 5.71. The summed E-state index contributed by atoms with van der Waals surface area (Å²) in [5.41, 5.74) is 3.92. The zero-order chi connectivity index (χ0) is 13.0. The van der Waals surface area contributed by atoms with Crippen molar-refractivity contribution >= 4 is 11.6 Å². The molecule has 18 heavy (non-hydrogen) atoms. The standard InChI is InChI=1S/C15H21N3/c1-4-12-8-7-9-13(5-2)14(12)17-15-16-10-11-18(15)6-3/h7-11H,4-6H2,1-3H3,(H,16,17). The molecule has 0 spiro atoms. The van der Waals surface area contributed by atoms with Crippen LogP contribution in [0.2, 0.25) is 0 Å². The third-order valence-electron chi connectivity index (χ3n) is 3.29. The molecular weight excluding hydrogens is 222 g/mol. The van der Waals surface area contributed by atoms with Gasteiger partial charge < -0.3 is 9.88 Å². The van der Waals surface area contributed by atoms with Gasteiger partial charge in [-0.15, -0.1) is 0 Å². The van der Waals surface area contributed by atoms with Crippen LogP contribution in [0, 0.1) is 0 Å². The van der Waals surface area contributed by atoms with E-state index in [1.54, 1.807) is 0 Å². The zero-order valence-corrected chi connectivity index (χ0v) is 11.4. The van der Waals surface area contributed by atoms with Crippen molar-refractivity contribution in [2.24, 2.45) is 0 Å². The maximum atomic E-state index is 4.38. The average molecular weight is 243 g/mol. The van der Waals surface area contributed by atoms with Crippen LogP contribution in [0.15, 0.2) is 30.6 Å². The molecule has 1 N–H and O–H groups in total. The maximum absolute atomic E-state index is 4.38. The molecule has 0 saturated carbocycles. The quantitative estimate of drug-likeness (QED) is 0.866. The van der Waals surface area contributed by atoms with E-state index in [-0.39, 0.29) is 0 Å². The van der Waals surface area contributed by atoms with Gasteiger partial charge >= 0.3 is 0 Å². The summed E-state index contributed by atoms with van der Waals surface area (Å²) in [5.74, 6) is 0.924. The molecule has 0 unspecified atom stereocenters. The first-order valence-electron chi connectivity index (χ1n) is 6.69. The Morgan fingerprint density at radius 3 is 2.33 bits per heavy atom. The SMILES string of the molecule is CCc1cccc(CC)c1Nc1nccn1CC. The number of benzene rings is 1. The minimum absolute atomic E-state index is 0.924. The van der Waals surface area contributed by atoms with E-state index in [0.29, 0.717) is 0 Å². The molecule has 2 rings (SSSR count). The van der Waals surface area contributed by atoms with Crippen molar-refractivity contribution in [2.75, 3.05) is 5.32 Å². The minimum atomic E-state index is 0.924. The predicted octanol–water partition coefficient (Wildman–Crippen LogP) is 3.77. The molecule has 1 aromatic carbocycles. The molecule has 1 aromatic heterocycles. The number of imidazole rings is 1. The highest BCUT2D eigenvalue weighted by molar-refractivity contribution is 5.63. The number of para-hydroxylation sites is 1. The number of anilines is 2. The molecule has 0 aliphatic carbocycles. The van der Waals surface area contributed by atoms with Crippen LogP contribution in [0.25, 0.3) is 0 Å². The first-order chi connectivity index (χ1) is 8.80. The molecule has 0 atom stereocenters. The summed E-state index contributed by atoms with van der Waals surface area (Å²) in [6.07, 6.45) is 5.90. The van der Waals surface area contributed by atoms with E-state index in [1.165, 1.54) is 16.8 Å². The fourth-order valence-electron chi connectivity index (χ4n) is 2.20. The first kappa shape index (κ1) is 12.7. The largest absolute Gasteiger partial charge is 0.325 e. The second-order valence-electron chi connectivity index (χ2n) is 4.32. The van der Waals surface area contributed by atoms with Crippen molar-refractivity contribution in [3.8, 4) is 0 Å². The lowest BCUT2D eigenvalue weighted by atomic mass is 10.0. The summed E-state index contributed by atoms with van der Waals surface area (Å²) >= 11 is 0. The number of hydrogen-bond acceptors (Lipinski definition) is 2. The molecule has 3 nitrogen and oxygen atoms in total. The number of nitrogens with zero attached hydrogens (tertiary/aromatic N) is 2. The second-order valence-corrected chi connectivity index (χ2v) is 4.32. The van der Waals surface area contributed by atoms with Crippen LogP contribution in [0.4, 0.5) is 11.6 Å². The van der Waals surface area contributed by atoms with Crippen LogP contribution in [0.5, 0.6) is 0 Å². The van der Waals surface area contributed by atoms with E-state index in [4.69, 9.17) is 0 Å². The van der Waals surface area contributed by atoms with E-state index in [9.17, 15) is 0 Å². The fourth-order valence-corrected chi connectivity index (χ4v) is 2.20. The van der Waals surface area contributed by atoms with Crippen molar-refractivity contribution in [2.45, 2.75) is 40.2 Å². The molecular formula is C15H21N3. The van der Waals surface area contributed by atoms with Gasteiger partial charge in [-0.2, -0.15) is 0 Å². The van der Waals surface area contributed by atoms with Crippen molar-refractivity contribution in [3.05, 3.63) is 41.7 Å². The summed E-state index contributed by atoms with van der Waals surface area (Å²) in [4.78, 5) is 4.38. The topological polar surface area (TPSA) is 29.9 Å². The Balaban J connectivity index is 2.38. The Kier molecular flexibility index (Phi) is 4.03. The van der Waals surface area contributed by atoms with Crippen LogP contribution in [-0.2, 0) is 19.4 Å². The number of hydrogen-bond donors (Lipinski definition) is 1.